The maximum Gasteiger partial charge on any atom is 0.206 e. The van der Waals surface area contributed by atoms with Crippen molar-refractivity contribution in [3.8, 4) is 0 Å². The number of aromatic nitrogens is 2. The molecule has 0 aliphatic heterocycles. The van der Waals surface area contributed by atoms with Gasteiger partial charge in [0.05, 0.1) is 5.25 Å². The Morgan fingerprint density at radius 2 is 2.05 bits per heavy atom. The van der Waals surface area contributed by atoms with Gasteiger partial charge in [0.15, 0.2) is 10.1 Å². The van der Waals surface area contributed by atoms with Crippen molar-refractivity contribution in [3.05, 3.63) is 34.9 Å². The van der Waals surface area contributed by atoms with Crippen LogP contribution >= 0.6 is 23.1 Å². The summed E-state index contributed by atoms with van der Waals surface area (Å²) >= 11 is 2.90. The zero-order chi connectivity index (χ0) is 14.7. The van der Waals surface area contributed by atoms with Gasteiger partial charge in [-0.3, -0.25) is 4.79 Å². The minimum atomic E-state index is -0.172. The van der Waals surface area contributed by atoms with Gasteiger partial charge in [0.25, 0.3) is 0 Å². The molecule has 2 rings (SSSR count). The number of hydrogen-bond donors (Lipinski definition) is 1. The van der Waals surface area contributed by atoms with E-state index in [1.807, 2.05) is 39.0 Å². The number of carbonyl (C=O) groups excluding carboxylic acids is 1. The highest BCUT2D eigenvalue weighted by Gasteiger charge is 2.19. The molecule has 1 aromatic heterocycles. The molecule has 6 heteroatoms. The average Bonchev–Trinajstić information content (AvgIpc) is 2.88. The van der Waals surface area contributed by atoms with E-state index in [-0.39, 0.29) is 11.0 Å². The summed E-state index contributed by atoms with van der Waals surface area (Å²) < 4.78 is 0.805. The quantitative estimate of drug-likeness (QED) is 0.676. The Morgan fingerprint density at radius 1 is 1.30 bits per heavy atom. The molecule has 1 N–H and O–H groups in total. The maximum absolute atomic E-state index is 12.4. The van der Waals surface area contributed by atoms with Crippen LogP contribution < -0.4 is 5.32 Å². The van der Waals surface area contributed by atoms with Crippen LogP contribution in [-0.2, 0) is 0 Å². The van der Waals surface area contributed by atoms with Gasteiger partial charge >= 0.3 is 0 Å². The molecular formula is C14H17N3OS2. The molecule has 1 heterocycles. The molecule has 0 fully saturated rings. The van der Waals surface area contributed by atoms with Crippen LogP contribution in [0.3, 0.4) is 0 Å². The molecule has 0 saturated heterocycles. The van der Waals surface area contributed by atoms with E-state index in [2.05, 4.69) is 15.5 Å². The van der Waals surface area contributed by atoms with Crippen LogP contribution in [0.15, 0.2) is 22.5 Å². The van der Waals surface area contributed by atoms with E-state index in [4.69, 9.17) is 0 Å². The number of benzene rings is 1. The van der Waals surface area contributed by atoms with E-state index in [0.29, 0.717) is 0 Å². The molecule has 1 atom stereocenters. The largest absolute Gasteiger partial charge is 0.363 e. The van der Waals surface area contributed by atoms with Crippen molar-refractivity contribution in [1.82, 2.24) is 10.2 Å². The van der Waals surface area contributed by atoms with Gasteiger partial charge in [0.2, 0.25) is 5.13 Å². The number of hydrogen-bond acceptors (Lipinski definition) is 6. The Morgan fingerprint density at radius 3 is 2.65 bits per heavy atom. The summed E-state index contributed by atoms with van der Waals surface area (Å²) in [5.41, 5.74) is 3.09. The molecular weight excluding hydrogens is 290 g/mol. The zero-order valence-electron chi connectivity index (χ0n) is 11.9. The molecule has 1 aromatic carbocycles. The smallest absolute Gasteiger partial charge is 0.206 e. The predicted molar refractivity (Wildman–Crippen MR) is 85.0 cm³/mol. The van der Waals surface area contributed by atoms with Crippen LogP contribution in [0.2, 0.25) is 0 Å². The van der Waals surface area contributed by atoms with Crippen molar-refractivity contribution in [2.75, 3.05) is 12.4 Å². The van der Waals surface area contributed by atoms with Crippen molar-refractivity contribution in [2.45, 2.75) is 30.4 Å². The second kappa shape index (κ2) is 6.37. The Balaban J connectivity index is 2.09. The number of Topliss-reactive ketones (excluding diaryl/α,β-unsaturated/α-hetero) is 1. The Bertz CT molecular complexity index is 625. The van der Waals surface area contributed by atoms with Gasteiger partial charge in [-0.15, -0.1) is 10.2 Å². The van der Waals surface area contributed by atoms with Gasteiger partial charge in [-0.2, -0.15) is 0 Å². The number of ketones is 1. The van der Waals surface area contributed by atoms with Crippen LogP contribution in [0.4, 0.5) is 5.13 Å². The SMILES string of the molecule is CNc1nnc(S[C@@H](C)C(=O)c2ccc(C)c(C)c2)s1. The molecule has 2 aromatic rings. The first-order valence-electron chi connectivity index (χ1n) is 6.30. The lowest BCUT2D eigenvalue weighted by Gasteiger charge is -2.09. The van der Waals surface area contributed by atoms with Gasteiger partial charge in [0.1, 0.15) is 0 Å². The minimum absolute atomic E-state index is 0.124. The fourth-order valence-electron chi connectivity index (χ4n) is 1.69. The van der Waals surface area contributed by atoms with Gasteiger partial charge in [-0.05, 0) is 38.0 Å². The standard InChI is InChI=1S/C14H17N3OS2/c1-8-5-6-11(7-9(8)2)12(18)10(3)19-14-17-16-13(15-4)20-14/h5-7,10H,1-4H3,(H,15,16)/t10-/m0/s1. The van der Waals surface area contributed by atoms with Crippen molar-refractivity contribution >= 4 is 34.0 Å². The number of carbonyl (C=O) groups is 1. The average molecular weight is 307 g/mol. The molecule has 0 radical (unpaired) electrons. The van der Waals surface area contributed by atoms with Gasteiger partial charge in [-0.25, -0.2) is 0 Å². The summed E-state index contributed by atoms with van der Waals surface area (Å²) in [6.45, 7) is 5.97. The summed E-state index contributed by atoms with van der Waals surface area (Å²) in [7, 11) is 1.80. The lowest BCUT2D eigenvalue weighted by Crippen LogP contribution is -2.13. The monoisotopic (exact) mass is 307 g/mol. The second-order valence-electron chi connectivity index (χ2n) is 4.55. The molecule has 0 aliphatic rings. The van der Waals surface area contributed by atoms with E-state index in [1.54, 1.807) is 7.05 Å². The van der Waals surface area contributed by atoms with E-state index in [9.17, 15) is 4.79 Å². The Labute approximate surface area is 127 Å². The number of nitrogens with zero attached hydrogens (tertiary/aromatic N) is 2. The van der Waals surface area contributed by atoms with Crippen LogP contribution in [-0.4, -0.2) is 28.3 Å². The van der Waals surface area contributed by atoms with E-state index >= 15 is 0 Å². The van der Waals surface area contributed by atoms with E-state index < -0.39 is 0 Å². The number of anilines is 1. The highest BCUT2D eigenvalue weighted by molar-refractivity contribution is 8.02. The lowest BCUT2D eigenvalue weighted by atomic mass is 10.0. The Hall–Kier alpha value is -1.40. The first-order valence-corrected chi connectivity index (χ1v) is 8.00. The summed E-state index contributed by atoms with van der Waals surface area (Å²) in [4.78, 5) is 12.4. The zero-order valence-corrected chi connectivity index (χ0v) is 13.6. The van der Waals surface area contributed by atoms with Crippen molar-refractivity contribution in [2.24, 2.45) is 0 Å². The number of rotatable bonds is 5. The molecule has 0 amide bonds. The minimum Gasteiger partial charge on any atom is -0.363 e. The summed E-state index contributed by atoms with van der Waals surface area (Å²) in [5.74, 6) is 0.124. The predicted octanol–water partition coefficient (Wildman–Crippen LogP) is 3.56. The first-order chi connectivity index (χ1) is 9.51. The third-order valence-corrected chi connectivity index (χ3v) is 5.18. The number of aryl methyl sites for hydroxylation is 2. The second-order valence-corrected chi connectivity index (χ2v) is 7.11. The number of thioether (sulfide) groups is 1. The van der Waals surface area contributed by atoms with E-state index in [1.165, 1.54) is 28.7 Å². The molecule has 0 spiro atoms. The summed E-state index contributed by atoms with van der Waals surface area (Å²) in [5, 5.41) is 11.6. The first kappa shape index (κ1) is 15.0. The molecule has 0 bridgehead atoms. The molecule has 0 aliphatic carbocycles. The highest BCUT2D eigenvalue weighted by Crippen LogP contribution is 2.30. The van der Waals surface area contributed by atoms with Crippen molar-refractivity contribution < 1.29 is 4.79 Å². The van der Waals surface area contributed by atoms with Gasteiger partial charge in [0, 0.05) is 12.6 Å². The van der Waals surface area contributed by atoms with Crippen LogP contribution in [0.1, 0.15) is 28.4 Å². The van der Waals surface area contributed by atoms with Crippen LogP contribution in [0.25, 0.3) is 0 Å². The van der Waals surface area contributed by atoms with Crippen LogP contribution in [0, 0.1) is 13.8 Å². The lowest BCUT2D eigenvalue weighted by molar-refractivity contribution is 0.0994. The van der Waals surface area contributed by atoms with Crippen LogP contribution in [0.5, 0.6) is 0 Å². The third-order valence-electron chi connectivity index (χ3n) is 3.06. The Kier molecular flexibility index (Phi) is 4.77. The maximum atomic E-state index is 12.4. The fraction of sp³-hybridized carbons (Fsp3) is 0.357. The van der Waals surface area contributed by atoms with Crippen molar-refractivity contribution in [3.63, 3.8) is 0 Å². The molecule has 20 heavy (non-hydrogen) atoms. The molecule has 0 saturated carbocycles. The normalized spacial score (nSPS) is 12.2. The van der Waals surface area contributed by atoms with E-state index in [0.717, 1.165) is 20.6 Å². The summed E-state index contributed by atoms with van der Waals surface area (Å²) in [6, 6.07) is 5.83. The third kappa shape index (κ3) is 3.37. The van der Waals surface area contributed by atoms with Gasteiger partial charge < -0.3 is 5.32 Å². The molecule has 106 valence electrons. The van der Waals surface area contributed by atoms with Gasteiger partial charge in [-0.1, -0.05) is 35.2 Å². The number of nitrogens with one attached hydrogen (secondary N) is 1. The fourth-order valence-corrected chi connectivity index (χ4v) is 3.62. The molecule has 0 unspecified atom stereocenters. The van der Waals surface area contributed by atoms with Crippen molar-refractivity contribution in [1.29, 1.82) is 0 Å². The summed E-state index contributed by atoms with van der Waals surface area (Å²) in [6.07, 6.45) is 0. The highest BCUT2D eigenvalue weighted by atomic mass is 32.2. The topological polar surface area (TPSA) is 54.9 Å². The molecule has 4 nitrogen and oxygen atoms in total.